The van der Waals surface area contributed by atoms with E-state index in [1.54, 1.807) is 17.1 Å². The average molecular weight is 295 g/mol. The Balaban J connectivity index is 1.67. The van der Waals surface area contributed by atoms with Gasteiger partial charge in [0.1, 0.15) is 5.82 Å². The highest BCUT2D eigenvalue weighted by Crippen LogP contribution is 2.32. The number of carbonyl (C=O) groups excluding carboxylic acids is 1. The van der Waals surface area contributed by atoms with Crippen molar-refractivity contribution in [2.24, 2.45) is 7.05 Å². The Morgan fingerprint density at radius 2 is 2.23 bits per heavy atom. The molecule has 1 N–H and O–H groups in total. The van der Waals surface area contributed by atoms with Crippen molar-refractivity contribution in [2.75, 3.05) is 6.54 Å². The van der Waals surface area contributed by atoms with Gasteiger partial charge in [-0.2, -0.15) is 5.10 Å². The van der Waals surface area contributed by atoms with Crippen LogP contribution >= 0.6 is 0 Å². The molecule has 1 aliphatic heterocycles. The van der Waals surface area contributed by atoms with Crippen molar-refractivity contribution in [1.29, 1.82) is 0 Å². The van der Waals surface area contributed by atoms with Crippen molar-refractivity contribution >= 4 is 16.9 Å². The number of fused-ring (bicyclic) bond motifs is 1. The van der Waals surface area contributed by atoms with E-state index in [0.29, 0.717) is 5.56 Å². The summed E-state index contributed by atoms with van der Waals surface area (Å²) in [6.45, 7) is 0.759. The van der Waals surface area contributed by atoms with Crippen LogP contribution in [0.25, 0.3) is 11.0 Å². The second kappa shape index (κ2) is 4.98. The number of likely N-dealkylation sites (tertiary alicyclic amines) is 1. The molecule has 3 aromatic rings. The molecular formula is C16H17N5O. The molecule has 1 fully saturated rings. The fourth-order valence-electron chi connectivity index (χ4n) is 3.12. The lowest BCUT2D eigenvalue weighted by Crippen LogP contribution is -2.30. The summed E-state index contributed by atoms with van der Waals surface area (Å²) >= 11 is 0. The van der Waals surface area contributed by atoms with E-state index in [4.69, 9.17) is 0 Å². The number of para-hydroxylation sites is 2. The smallest absolute Gasteiger partial charge is 0.257 e. The van der Waals surface area contributed by atoms with Gasteiger partial charge in [0.25, 0.3) is 5.91 Å². The Kier molecular flexibility index (Phi) is 2.96. The van der Waals surface area contributed by atoms with Gasteiger partial charge in [0.15, 0.2) is 0 Å². The van der Waals surface area contributed by atoms with E-state index < -0.39 is 0 Å². The monoisotopic (exact) mass is 295 g/mol. The third-order valence-corrected chi connectivity index (χ3v) is 4.19. The number of nitrogens with one attached hydrogen (secondary N) is 1. The van der Waals surface area contributed by atoms with Crippen LogP contribution in [0.15, 0.2) is 36.7 Å². The molecule has 0 radical (unpaired) electrons. The molecule has 4 rings (SSSR count). The number of benzene rings is 1. The van der Waals surface area contributed by atoms with Gasteiger partial charge < -0.3 is 9.88 Å². The first-order valence-electron chi connectivity index (χ1n) is 7.46. The Labute approximate surface area is 127 Å². The number of nitrogens with zero attached hydrogens (tertiary/aromatic N) is 4. The first-order valence-corrected chi connectivity index (χ1v) is 7.46. The van der Waals surface area contributed by atoms with Crippen LogP contribution in [0.1, 0.15) is 35.1 Å². The minimum absolute atomic E-state index is 0.0140. The molecule has 1 saturated heterocycles. The highest BCUT2D eigenvalue weighted by Gasteiger charge is 2.33. The molecule has 1 aliphatic rings. The fraction of sp³-hybridized carbons (Fsp3) is 0.312. The van der Waals surface area contributed by atoms with Crippen molar-refractivity contribution in [3.63, 3.8) is 0 Å². The molecule has 0 saturated carbocycles. The fourth-order valence-corrected chi connectivity index (χ4v) is 3.12. The van der Waals surface area contributed by atoms with Crippen LogP contribution in [0.4, 0.5) is 0 Å². The minimum Gasteiger partial charge on any atom is -0.340 e. The molecule has 0 aliphatic carbocycles. The van der Waals surface area contributed by atoms with E-state index in [0.717, 1.165) is 36.2 Å². The van der Waals surface area contributed by atoms with Crippen molar-refractivity contribution in [2.45, 2.75) is 18.9 Å². The summed E-state index contributed by atoms with van der Waals surface area (Å²) in [4.78, 5) is 22.6. The van der Waals surface area contributed by atoms with Crippen LogP contribution in [0.5, 0.6) is 0 Å². The number of carbonyl (C=O) groups is 1. The van der Waals surface area contributed by atoms with E-state index in [2.05, 4.69) is 15.1 Å². The van der Waals surface area contributed by atoms with Crippen molar-refractivity contribution < 1.29 is 4.79 Å². The number of rotatable bonds is 2. The molecule has 6 heteroatoms. The van der Waals surface area contributed by atoms with Crippen molar-refractivity contribution in [3.05, 3.63) is 48.0 Å². The van der Waals surface area contributed by atoms with Crippen LogP contribution in [-0.2, 0) is 7.05 Å². The lowest BCUT2D eigenvalue weighted by Gasteiger charge is -2.22. The summed E-state index contributed by atoms with van der Waals surface area (Å²) in [7, 11) is 1.82. The van der Waals surface area contributed by atoms with Crippen molar-refractivity contribution in [3.8, 4) is 0 Å². The highest BCUT2D eigenvalue weighted by atomic mass is 16.2. The van der Waals surface area contributed by atoms with Crippen LogP contribution in [0.2, 0.25) is 0 Å². The maximum atomic E-state index is 12.7. The van der Waals surface area contributed by atoms with E-state index in [1.807, 2.05) is 36.2 Å². The lowest BCUT2D eigenvalue weighted by molar-refractivity contribution is 0.0730. The molecule has 112 valence electrons. The molecule has 1 atom stereocenters. The predicted molar refractivity (Wildman–Crippen MR) is 82.3 cm³/mol. The predicted octanol–water partition coefficient (Wildman–Crippen LogP) is 2.27. The maximum absolute atomic E-state index is 12.7. The summed E-state index contributed by atoms with van der Waals surface area (Å²) in [6, 6.07) is 7.96. The summed E-state index contributed by atoms with van der Waals surface area (Å²) < 4.78 is 1.65. The van der Waals surface area contributed by atoms with Gasteiger partial charge in [-0.15, -0.1) is 0 Å². The average Bonchev–Trinajstić information content (AvgIpc) is 3.24. The Morgan fingerprint density at radius 3 is 3.00 bits per heavy atom. The maximum Gasteiger partial charge on any atom is 0.257 e. The number of imidazole rings is 1. The summed E-state index contributed by atoms with van der Waals surface area (Å²) in [5.41, 5.74) is 2.59. The normalized spacial score (nSPS) is 18.2. The van der Waals surface area contributed by atoms with E-state index in [9.17, 15) is 4.79 Å². The van der Waals surface area contributed by atoms with Gasteiger partial charge in [0.2, 0.25) is 0 Å². The number of amides is 1. The number of aryl methyl sites for hydroxylation is 1. The molecule has 6 nitrogen and oxygen atoms in total. The SMILES string of the molecule is Cn1cc(C(=O)N2CCC[C@@H]2c2nc3ccccc3[nH]2)cn1. The molecule has 22 heavy (non-hydrogen) atoms. The second-order valence-corrected chi connectivity index (χ2v) is 5.70. The molecule has 2 aromatic heterocycles. The van der Waals surface area contributed by atoms with Crippen LogP contribution in [0.3, 0.4) is 0 Å². The number of hydrogen-bond acceptors (Lipinski definition) is 3. The number of hydrogen-bond donors (Lipinski definition) is 1. The zero-order valence-corrected chi connectivity index (χ0v) is 12.4. The Morgan fingerprint density at radius 1 is 1.36 bits per heavy atom. The Hall–Kier alpha value is -2.63. The summed E-state index contributed by atoms with van der Waals surface area (Å²) in [5, 5.41) is 4.09. The van der Waals surface area contributed by atoms with Crippen molar-refractivity contribution in [1.82, 2.24) is 24.6 Å². The van der Waals surface area contributed by atoms with Gasteiger partial charge >= 0.3 is 0 Å². The molecule has 3 heterocycles. The molecular weight excluding hydrogens is 278 g/mol. The van der Waals surface area contributed by atoms with Crippen LogP contribution in [-0.4, -0.2) is 37.1 Å². The van der Waals surface area contributed by atoms with E-state index in [1.165, 1.54) is 0 Å². The van der Waals surface area contributed by atoms with Gasteiger partial charge in [-0.1, -0.05) is 12.1 Å². The first kappa shape index (κ1) is 13.1. The van der Waals surface area contributed by atoms with Gasteiger partial charge in [0, 0.05) is 19.8 Å². The molecule has 1 amide bonds. The second-order valence-electron chi connectivity index (χ2n) is 5.70. The number of aromatic nitrogens is 4. The van der Waals surface area contributed by atoms with Gasteiger partial charge in [-0.25, -0.2) is 4.98 Å². The zero-order valence-electron chi connectivity index (χ0n) is 12.4. The lowest BCUT2D eigenvalue weighted by atomic mass is 10.2. The summed E-state index contributed by atoms with van der Waals surface area (Å²) in [5.74, 6) is 0.895. The molecule has 1 aromatic carbocycles. The van der Waals surface area contributed by atoms with Crippen LogP contribution < -0.4 is 0 Å². The summed E-state index contributed by atoms with van der Waals surface area (Å²) in [6.07, 6.45) is 5.31. The molecule has 0 bridgehead atoms. The topological polar surface area (TPSA) is 66.8 Å². The van der Waals surface area contributed by atoms with E-state index in [-0.39, 0.29) is 11.9 Å². The standard InChI is InChI=1S/C16H17N5O/c1-20-10-11(9-17-20)16(22)21-8-4-7-14(21)15-18-12-5-2-3-6-13(12)19-15/h2-3,5-6,9-10,14H,4,7-8H2,1H3,(H,18,19)/t14-/m1/s1. The van der Waals surface area contributed by atoms with Crippen LogP contribution in [0, 0.1) is 0 Å². The quantitative estimate of drug-likeness (QED) is 0.788. The number of H-pyrrole nitrogens is 1. The highest BCUT2D eigenvalue weighted by molar-refractivity contribution is 5.94. The largest absolute Gasteiger partial charge is 0.340 e. The zero-order chi connectivity index (χ0) is 15.1. The van der Waals surface area contributed by atoms with Gasteiger partial charge in [0.05, 0.1) is 28.8 Å². The molecule has 0 unspecified atom stereocenters. The van der Waals surface area contributed by atoms with Gasteiger partial charge in [-0.3, -0.25) is 9.48 Å². The molecule has 0 spiro atoms. The Bertz CT molecular complexity index is 801. The van der Waals surface area contributed by atoms with Gasteiger partial charge in [-0.05, 0) is 25.0 Å². The third kappa shape index (κ3) is 2.07. The third-order valence-electron chi connectivity index (χ3n) is 4.19. The minimum atomic E-state index is 0.0140. The first-order chi connectivity index (χ1) is 10.7. The van der Waals surface area contributed by atoms with E-state index >= 15 is 0 Å². The number of aromatic amines is 1.